The summed E-state index contributed by atoms with van der Waals surface area (Å²) in [5.74, 6) is -0.238. The van der Waals surface area contributed by atoms with Gasteiger partial charge in [0.15, 0.2) is 6.54 Å². The van der Waals surface area contributed by atoms with Crippen LogP contribution in [-0.4, -0.2) is 23.4 Å². The normalized spacial score (nSPS) is 16.4. The second-order valence-electron chi connectivity index (χ2n) is 6.01. The Kier molecular flexibility index (Phi) is 6.80. The molecule has 126 valence electrons. The monoisotopic (exact) mass is 340 g/mol. The highest BCUT2D eigenvalue weighted by Gasteiger charge is 2.19. The summed E-state index contributed by atoms with van der Waals surface area (Å²) in [7, 11) is 0. The van der Waals surface area contributed by atoms with E-state index >= 15 is 0 Å². The molecule has 1 saturated carbocycles. The van der Waals surface area contributed by atoms with Crippen LogP contribution in [0, 0.1) is 10.1 Å². The first-order valence-corrected chi connectivity index (χ1v) is 8.51. The Labute approximate surface area is 140 Å². The van der Waals surface area contributed by atoms with Crippen LogP contribution in [-0.2, 0) is 4.79 Å². The molecule has 1 amide bonds. The minimum absolute atomic E-state index is 0.145. The molecule has 0 atom stereocenters. The smallest absolute Gasteiger partial charge is 0.292 e. The number of nitrogens with zero attached hydrogens (tertiary/aromatic N) is 1. The molecule has 0 bridgehead atoms. The fourth-order valence-electron chi connectivity index (χ4n) is 2.97. The Morgan fingerprint density at radius 3 is 2.57 bits per heavy atom. The minimum Gasteiger partial charge on any atom is -0.336 e. The number of anilines is 1. The molecule has 7 heteroatoms. The van der Waals surface area contributed by atoms with Gasteiger partial charge in [-0.05, 0) is 37.8 Å². The molecule has 0 unspecified atom stereocenters. The fourth-order valence-corrected chi connectivity index (χ4v) is 3.14. The van der Waals surface area contributed by atoms with Crippen LogP contribution in [0.2, 0.25) is 5.02 Å². The highest BCUT2D eigenvalue weighted by atomic mass is 35.5. The van der Waals surface area contributed by atoms with Gasteiger partial charge < -0.3 is 10.6 Å². The molecule has 0 aromatic heterocycles. The number of hydrogen-bond donors (Lipinski definition) is 2. The lowest BCUT2D eigenvalue weighted by Gasteiger charge is -2.18. The molecule has 1 aliphatic rings. The van der Waals surface area contributed by atoms with Gasteiger partial charge in [0.1, 0.15) is 5.69 Å². The van der Waals surface area contributed by atoms with Gasteiger partial charge >= 0.3 is 0 Å². The molecule has 0 saturated heterocycles. The quantitative estimate of drug-likeness (QED) is 0.638. The third-order valence-corrected chi connectivity index (χ3v) is 4.45. The fraction of sp³-hybridized carbons (Fsp3) is 0.562. The first kappa shape index (κ1) is 17.7. The molecule has 1 aliphatic carbocycles. The summed E-state index contributed by atoms with van der Waals surface area (Å²) in [5.41, 5.74) is 0.00673. The van der Waals surface area contributed by atoms with Crippen molar-refractivity contribution in [3.05, 3.63) is 33.3 Å². The number of halogens is 1. The minimum atomic E-state index is -0.523. The lowest BCUT2D eigenvalue weighted by Crippen LogP contribution is -2.91. The molecule has 1 aromatic carbocycles. The summed E-state index contributed by atoms with van der Waals surface area (Å²) in [6.45, 7) is 0.272. The molecule has 23 heavy (non-hydrogen) atoms. The van der Waals surface area contributed by atoms with Crippen molar-refractivity contribution in [3.8, 4) is 0 Å². The van der Waals surface area contributed by atoms with Crippen LogP contribution in [0.1, 0.15) is 44.9 Å². The summed E-state index contributed by atoms with van der Waals surface area (Å²) in [5, 5.41) is 16.0. The second kappa shape index (κ2) is 8.84. The maximum atomic E-state index is 12.1. The van der Waals surface area contributed by atoms with E-state index in [1.54, 1.807) is 0 Å². The van der Waals surface area contributed by atoms with Gasteiger partial charge in [-0.25, -0.2) is 0 Å². The van der Waals surface area contributed by atoms with Crippen LogP contribution >= 0.6 is 11.6 Å². The molecular formula is C16H23ClN3O3+. The molecule has 1 aromatic rings. The van der Waals surface area contributed by atoms with E-state index < -0.39 is 4.92 Å². The molecule has 0 radical (unpaired) electrons. The van der Waals surface area contributed by atoms with Crippen LogP contribution in [0.3, 0.4) is 0 Å². The largest absolute Gasteiger partial charge is 0.336 e. The Balaban J connectivity index is 1.89. The third-order valence-electron chi connectivity index (χ3n) is 4.22. The summed E-state index contributed by atoms with van der Waals surface area (Å²) in [4.78, 5) is 22.6. The third kappa shape index (κ3) is 5.80. The van der Waals surface area contributed by atoms with Crippen LogP contribution in [0.5, 0.6) is 0 Å². The first-order chi connectivity index (χ1) is 11.1. The van der Waals surface area contributed by atoms with E-state index in [0.29, 0.717) is 11.1 Å². The van der Waals surface area contributed by atoms with Crippen molar-refractivity contribution in [2.45, 2.75) is 51.0 Å². The number of nitrogens with two attached hydrogens (primary N) is 1. The zero-order valence-corrected chi connectivity index (χ0v) is 13.8. The van der Waals surface area contributed by atoms with Crippen LogP contribution in [0.15, 0.2) is 18.2 Å². The number of amides is 1. The molecule has 0 heterocycles. The maximum absolute atomic E-state index is 12.1. The predicted molar refractivity (Wildman–Crippen MR) is 89.6 cm³/mol. The standard InChI is InChI=1S/C16H22ClN3O3/c17-12-8-9-15(20(22)23)14(10-12)19-16(21)11-18-13-6-4-2-1-3-5-7-13/h8-10,13,18H,1-7,11H2,(H,19,21)/p+1. The number of nitrogens with one attached hydrogen (secondary N) is 1. The van der Waals surface area contributed by atoms with Crippen LogP contribution < -0.4 is 10.6 Å². The van der Waals surface area contributed by atoms with Gasteiger partial charge in [-0.2, -0.15) is 0 Å². The molecule has 2 rings (SSSR count). The van der Waals surface area contributed by atoms with Gasteiger partial charge in [0.25, 0.3) is 11.6 Å². The number of quaternary nitrogens is 1. The van der Waals surface area contributed by atoms with Crippen molar-refractivity contribution in [2.24, 2.45) is 0 Å². The number of carbonyl (C=O) groups excluding carboxylic acids is 1. The first-order valence-electron chi connectivity index (χ1n) is 8.13. The zero-order valence-electron chi connectivity index (χ0n) is 13.1. The molecular weight excluding hydrogens is 318 g/mol. The Bertz CT molecular complexity index is 558. The van der Waals surface area contributed by atoms with E-state index in [1.165, 1.54) is 50.3 Å². The van der Waals surface area contributed by atoms with E-state index in [1.807, 2.05) is 0 Å². The summed E-state index contributed by atoms with van der Waals surface area (Å²) in [6, 6.07) is 4.62. The second-order valence-corrected chi connectivity index (χ2v) is 6.45. The SMILES string of the molecule is O=C(C[NH2+]C1CCCCCCC1)Nc1cc(Cl)ccc1[N+](=O)[O-]. The highest BCUT2D eigenvalue weighted by Crippen LogP contribution is 2.27. The van der Waals surface area contributed by atoms with Crippen molar-refractivity contribution >= 4 is 28.9 Å². The zero-order chi connectivity index (χ0) is 16.7. The van der Waals surface area contributed by atoms with Crippen molar-refractivity contribution in [1.29, 1.82) is 0 Å². The predicted octanol–water partition coefficient (Wildman–Crippen LogP) is 2.86. The summed E-state index contributed by atoms with van der Waals surface area (Å²) in [6.07, 6.45) is 8.53. The lowest BCUT2D eigenvalue weighted by molar-refractivity contribution is -0.680. The van der Waals surface area contributed by atoms with Crippen molar-refractivity contribution in [3.63, 3.8) is 0 Å². The van der Waals surface area contributed by atoms with E-state index in [0.717, 1.165) is 12.8 Å². The van der Waals surface area contributed by atoms with Gasteiger partial charge in [0.2, 0.25) is 0 Å². The van der Waals surface area contributed by atoms with Crippen LogP contribution in [0.4, 0.5) is 11.4 Å². The number of rotatable bonds is 5. The van der Waals surface area contributed by atoms with Crippen LogP contribution in [0.25, 0.3) is 0 Å². The van der Waals surface area contributed by atoms with E-state index in [-0.39, 0.29) is 23.8 Å². The number of nitro benzene ring substituents is 1. The Hall–Kier alpha value is -1.66. The van der Waals surface area contributed by atoms with Crippen molar-refractivity contribution < 1.29 is 15.0 Å². The van der Waals surface area contributed by atoms with Gasteiger partial charge in [-0.3, -0.25) is 14.9 Å². The van der Waals surface area contributed by atoms with Crippen molar-refractivity contribution in [2.75, 3.05) is 11.9 Å². The van der Waals surface area contributed by atoms with E-state index in [2.05, 4.69) is 10.6 Å². The number of hydrogen-bond acceptors (Lipinski definition) is 3. The average Bonchev–Trinajstić information content (AvgIpc) is 2.45. The molecule has 1 fully saturated rings. The summed E-state index contributed by atoms with van der Waals surface area (Å²) >= 11 is 5.86. The average molecular weight is 341 g/mol. The maximum Gasteiger partial charge on any atom is 0.292 e. The number of benzene rings is 1. The topological polar surface area (TPSA) is 88.8 Å². The van der Waals surface area contributed by atoms with Gasteiger partial charge in [-0.1, -0.05) is 30.9 Å². The number of nitro groups is 1. The van der Waals surface area contributed by atoms with Crippen molar-refractivity contribution in [1.82, 2.24) is 0 Å². The van der Waals surface area contributed by atoms with Gasteiger partial charge in [0.05, 0.1) is 11.0 Å². The van der Waals surface area contributed by atoms with E-state index in [9.17, 15) is 14.9 Å². The van der Waals surface area contributed by atoms with Gasteiger partial charge in [-0.15, -0.1) is 0 Å². The Morgan fingerprint density at radius 2 is 1.91 bits per heavy atom. The molecule has 3 N–H and O–H groups in total. The summed E-state index contributed by atoms with van der Waals surface area (Å²) < 4.78 is 0. The molecule has 6 nitrogen and oxygen atoms in total. The lowest BCUT2D eigenvalue weighted by atomic mass is 9.97. The number of carbonyl (C=O) groups is 1. The molecule has 0 spiro atoms. The van der Waals surface area contributed by atoms with E-state index in [4.69, 9.17) is 11.6 Å². The molecule has 0 aliphatic heterocycles. The highest BCUT2D eigenvalue weighted by molar-refractivity contribution is 6.31. The Morgan fingerprint density at radius 1 is 1.26 bits per heavy atom. The van der Waals surface area contributed by atoms with Gasteiger partial charge in [0, 0.05) is 11.1 Å².